The Balaban J connectivity index is 0.00000144. The second kappa shape index (κ2) is 6.32. The fourth-order valence-electron chi connectivity index (χ4n) is 1.91. The molecule has 1 rings (SSSR count). The van der Waals surface area contributed by atoms with E-state index in [0.717, 1.165) is 12.6 Å². The van der Waals surface area contributed by atoms with Crippen molar-refractivity contribution in [1.29, 1.82) is 0 Å². The van der Waals surface area contributed by atoms with Crippen molar-refractivity contribution in [3.05, 3.63) is 0 Å². The van der Waals surface area contributed by atoms with Crippen molar-refractivity contribution < 1.29 is 5.48 Å². The van der Waals surface area contributed by atoms with Crippen LogP contribution in [0.5, 0.6) is 0 Å². The van der Waals surface area contributed by atoms with Gasteiger partial charge in [0.1, 0.15) is 0 Å². The van der Waals surface area contributed by atoms with Gasteiger partial charge in [0.2, 0.25) is 0 Å². The van der Waals surface area contributed by atoms with E-state index in [9.17, 15) is 0 Å². The summed E-state index contributed by atoms with van der Waals surface area (Å²) in [5.74, 6) is 5.43. The van der Waals surface area contributed by atoms with Gasteiger partial charge < -0.3 is 5.48 Å². The van der Waals surface area contributed by atoms with E-state index in [4.69, 9.17) is 5.84 Å². The molecule has 0 aliphatic carbocycles. The minimum atomic E-state index is 0. The Labute approximate surface area is 80.8 Å². The maximum atomic E-state index is 5.43. The second-order valence-electron chi connectivity index (χ2n) is 3.78. The van der Waals surface area contributed by atoms with Crippen molar-refractivity contribution >= 4 is 0 Å². The molecule has 4 nitrogen and oxygen atoms in total. The topological polar surface area (TPSA) is 72.8 Å². The van der Waals surface area contributed by atoms with Crippen LogP contribution in [0, 0.1) is 0 Å². The number of nitrogens with two attached hydrogens (primary N) is 1. The normalized spacial score (nSPS) is 29.8. The van der Waals surface area contributed by atoms with Crippen LogP contribution in [0.3, 0.4) is 0 Å². The summed E-state index contributed by atoms with van der Waals surface area (Å²) in [6, 6.07) is 1.25. The fraction of sp³-hybridized carbons (Fsp3) is 1.00. The molecule has 0 spiro atoms. The lowest BCUT2D eigenvalue weighted by atomic mass is 10.00. The summed E-state index contributed by atoms with van der Waals surface area (Å²) in [6.45, 7) is 6.86. The van der Waals surface area contributed by atoms with Crippen LogP contribution in [0.15, 0.2) is 0 Å². The summed E-state index contributed by atoms with van der Waals surface area (Å²) in [5, 5.41) is 0. The largest absolute Gasteiger partial charge is 0.412 e. The van der Waals surface area contributed by atoms with Gasteiger partial charge in [0.05, 0.1) is 0 Å². The van der Waals surface area contributed by atoms with Crippen molar-refractivity contribution in [2.75, 3.05) is 13.1 Å². The fourth-order valence-corrected chi connectivity index (χ4v) is 1.91. The Hall–Kier alpha value is -0.160. The molecule has 1 aliphatic heterocycles. The Bertz CT molecular complexity index is 132. The van der Waals surface area contributed by atoms with Gasteiger partial charge in [-0.1, -0.05) is 6.92 Å². The lowest BCUT2D eigenvalue weighted by Crippen LogP contribution is -2.51. The quantitative estimate of drug-likeness (QED) is 0.480. The first-order valence-electron chi connectivity index (χ1n) is 4.98. The molecule has 0 aromatic carbocycles. The van der Waals surface area contributed by atoms with Gasteiger partial charge in [0.15, 0.2) is 0 Å². The maximum Gasteiger partial charge on any atom is 0.0338 e. The monoisotopic (exact) mass is 189 g/mol. The number of nitrogens with one attached hydrogen (secondary N) is 1. The molecule has 0 aromatic rings. The molecule has 1 fully saturated rings. The predicted octanol–water partition coefficient (Wildman–Crippen LogP) is -0.112. The maximum absolute atomic E-state index is 5.43. The van der Waals surface area contributed by atoms with E-state index >= 15 is 0 Å². The van der Waals surface area contributed by atoms with Crippen molar-refractivity contribution in [2.24, 2.45) is 5.84 Å². The molecule has 0 bridgehead atoms. The summed E-state index contributed by atoms with van der Waals surface area (Å²) in [6.07, 6.45) is 3.73. The van der Waals surface area contributed by atoms with Crippen LogP contribution in [-0.4, -0.2) is 35.5 Å². The highest BCUT2D eigenvalue weighted by atomic mass is 16.0. The molecule has 0 aromatic heterocycles. The first-order chi connectivity index (χ1) is 5.77. The van der Waals surface area contributed by atoms with Gasteiger partial charge in [0, 0.05) is 18.6 Å². The highest BCUT2D eigenvalue weighted by molar-refractivity contribution is 4.81. The van der Waals surface area contributed by atoms with E-state index < -0.39 is 0 Å². The summed E-state index contributed by atoms with van der Waals surface area (Å²) in [7, 11) is 0. The van der Waals surface area contributed by atoms with E-state index in [2.05, 4.69) is 24.2 Å². The van der Waals surface area contributed by atoms with Gasteiger partial charge in [-0.15, -0.1) is 0 Å². The third-order valence-corrected chi connectivity index (χ3v) is 2.76. The smallest absolute Gasteiger partial charge is 0.0338 e. The van der Waals surface area contributed by atoms with Crippen molar-refractivity contribution in [3.8, 4) is 0 Å². The molecular formula is C9H23N3O. The van der Waals surface area contributed by atoms with Gasteiger partial charge in [-0.25, -0.2) is 0 Å². The van der Waals surface area contributed by atoms with Crippen LogP contribution in [0.25, 0.3) is 0 Å². The molecule has 80 valence electrons. The van der Waals surface area contributed by atoms with Crippen LogP contribution in [0.4, 0.5) is 0 Å². The van der Waals surface area contributed by atoms with Gasteiger partial charge in [-0.3, -0.25) is 16.2 Å². The third kappa shape index (κ3) is 3.60. The highest BCUT2D eigenvalue weighted by Crippen LogP contribution is 2.16. The molecule has 1 aliphatic rings. The summed E-state index contributed by atoms with van der Waals surface area (Å²) >= 11 is 0. The molecule has 0 saturated carbocycles. The summed E-state index contributed by atoms with van der Waals surface area (Å²) < 4.78 is 0. The van der Waals surface area contributed by atoms with Gasteiger partial charge >= 0.3 is 0 Å². The van der Waals surface area contributed by atoms with Crippen LogP contribution >= 0.6 is 0 Å². The summed E-state index contributed by atoms with van der Waals surface area (Å²) in [4.78, 5) is 2.52. The van der Waals surface area contributed by atoms with Crippen molar-refractivity contribution in [1.82, 2.24) is 10.3 Å². The zero-order valence-electron chi connectivity index (χ0n) is 8.71. The van der Waals surface area contributed by atoms with Gasteiger partial charge in [-0.2, -0.15) is 0 Å². The second-order valence-corrected chi connectivity index (χ2v) is 3.78. The van der Waals surface area contributed by atoms with Crippen molar-refractivity contribution in [3.63, 3.8) is 0 Å². The lowest BCUT2D eigenvalue weighted by Gasteiger charge is -2.37. The van der Waals surface area contributed by atoms with E-state index in [1.54, 1.807) is 0 Å². The molecular weight excluding hydrogens is 166 g/mol. The number of hydrogen-bond acceptors (Lipinski definition) is 3. The predicted molar refractivity (Wildman–Crippen MR) is 55.3 cm³/mol. The van der Waals surface area contributed by atoms with Crippen LogP contribution in [0.2, 0.25) is 0 Å². The number of hydrazine groups is 1. The molecule has 4 heteroatoms. The Morgan fingerprint density at radius 1 is 1.46 bits per heavy atom. The SMILES string of the molecule is CCCN1C[C@H](NN)CC[C@H]1C.O. The Kier molecular flexibility index (Phi) is 6.24. The number of likely N-dealkylation sites (tertiary alicyclic amines) is 1. The van der Waals surface area contributed by atoms with E-state index in [0.29, 0.717) is 6.04 Å². The van der Waals surface area contributed by atoms with Crippen molar-refractivity contribution in [2.45, 2.75) is 45.2 Å². The molecule has 1 heterocycles. The molecule has 0 radical (unpaired) electrons. The summed E-state index contributed by atoms with van der Waals surface area (Å²) in [5.41, 5.74) is 2.87. The number of nitrogens with zero attached hydrogens (tertiary/aromatic N) is 1. The average molecular weight is 189 g/mol. The third-order valence-electron chi connectivity index (χ3n) is 2.76. The molecule has 0 unspecified atom stereocenters. The zero-order valence-corrected chi connectivity index (χ0v) is 8.71. The first-order valence-corrected chi connectivity index (χ1v) is 4.98. The van der Waals surface area contributed by atoms with Crippen LogP contribution in [0.1, 0.15) is 33.1 Å². The van der Waals surface area contributed by atoms with E-state index in [1.165, 1.54) is 25.8 Å². The average Bonchev–Trinajstić information content (AvgIpc) is 2.09. The molecule has 13 heavy (non-hydrogen) atoms. The van der Waals surface area contributed by atoms with Gasteiger partial charge in [-0.05, 0) is 32.7 Å². The molecule has 5 N–H and O–H groups in total. The minimum absolute atomic E-state index is 0. The lowest BCUT2D eigenvalue weighted by molar-refractivity contribution is 0.133. The van der Waals surface area contributed by atoms with E-state index in [1.807, 2.05) is 0 Å². The number of rotatable bonds is 3. The Morgan fingerprint density at radius 3 is 2.69 bits per heavy atom. The first kappa shape index (κ1) is 12.8. The number of hydrogen-bond donors (Lipinski definition) is 2. The highest BCUT2D eigenvalue weighted by Gasteiger charge is 2.23. The number of piperidine rings is 1. The molecule has 2 atom stereocenters. The Morgan fingerprint density at radius 2 is 2.15 bits per heavy atom. The van der Waals surface area contributed by atoms with Crippen LogP contribution < -0.4 is 11.3 Å². The zero-order chi connectivity index (χ0) is 8.97. The van der Waals surface area contributed by atoms with E-state index in [-0.39, 0.29) is 5.48 Å². The standard InChI is InChI=1S/C9H21N3.H2O/c1-3-6-12-7-9(11-10)5-4-8(12)2;/h8-9,11H,3-7,10H2,1-2H3;1H2/t8-,9-;/m1./s1. The van der Waals surface area contributed by atoms with Gasteiger partial charge in [0.25, 0.3) is 0 Å². The molecule has 1 saturated heterocycles. The van der Waals surface area contributed by atoms with Crippen LogP contribution in [-0.2, 0) is 0 Å². The molecule has 0 amide bonds. The minimum Gasteiger partial charge on any atom is -0.412 e.